The molecule has 0 radical (unpaired) electrons. The minimum absolute atomic E-state index is 0.0705. The second-order valence-corrected chi connectivity index (χ2v) is 8.42. The van der Waals surface area contributed by atoms with Crippen molar-refractivity contribution in [2.24, 2.45) is 5.92 Å². The number of β-lactam (4-membered cyclic amide) rings is 1. The number of carbonyl (C=O) groups is 3. The second kappa shape index (κ2) is 7.09. The first kappa shape index (κ1) is 17.8. The Bertz CT molecular complexity index is 737. The van der Waals surface area contributed by atoms with Crippen LogP contribution in [-0.4, -0.2) is 49.3 Å². The highest BCUT2D eigenvalue weighted by Gasteiger charge is 2.68. The number of carboxylic acid groups (broad SMARTS) is 1. The number of hydrogen-bond donors (Lipinski definition) is 1. The van der Waals surface area contributed by atoms with Gasteiger partial charge in [0.2, 0.25) is 11.6 Å². The number of fused-ring (bicyclic) bond motifs is 1. The monoisotopic (exact) mass is 382 g/mol. The van der Waals surface area contributed by atoms with E-state index >= 15 is 0 Å². The van der Waals surface area contributed by atoms with Crippen LogP contribution in [0.3, 0.4) is 0 Å². The zero-order valence-corrected chi connectivity index (χ0v) is 14.9. The Morgan fingerprint density at radius 1 is 1.36 bits per heavy atom. The number of hydrogen-bond acceptors (Lipinski definition) is 7. The zero-order valence-electron chi connectivity index (χ0n) is 13.3. The molecule has 0 aliphatic carbocycles. The molecule has 0 spiro atoms. The van der Waals surface area contributed by atoms with Crippen molar-refractivity contribution in [1.29, 1.82) is 0 Å². The third kappa shape index (κ3) is 3.52. The quantitative estimate of drug-likeness (QED) is 0.263. The van der Waals surface area contributed by atoms with Gasteiger partial charge >= 0.3 is 18.0 Å². The minimum Gasteiger partial charge on any atom is -0.480 e. The summed E-state index contributed by atoms with van der Waals surface area (Å²) in [5, 5.41) is 8.57. The number of carboxylic acids is 1. The third-order valence-electron chi connectivity index (χ3n) is 3.70. The summed E-state index contributed by atoms with van der Waals surface area (Å²) in [5.74, 6) is -2.16. The van der Waals surface area contributed by atoms with Crippen molar-refractivity contribution < 1.29 is 33.5 Å². The normalized spacial score (nSPS) is 27.1. The number of carbonyl (C=O) groups excluding carboxylic acids is 2. The van der Waals surface area contributed by atoms with Crippen molar-refractivity contribution in [2.45, 2.75) is 23.2 Å². The van der Waals surface area contributed by atoms with E-state index in [1.54, 1.807) is 0 Å². The molecule has 0 saturated carbocycles. The Labute approximate surface area is 152 Å². The predicted molar refractivity (Wildman–Crippen MR) is 92.4 cm³/mol. The highest BCUT2D eigenvalue weighted by Crippen LogP contribution is 2.50. The number of benzene rings is 1. The van der Waals surface area contributed by atoms with Gasteiger partial charge in [-0.2, -0.15) is 4.58 Å². The Morgan fingerprint density at radius 3 is 2.72 bits per heavy atom. The molecule has 25 heavy (non-hydrogen) atoms. The summed E-state index contributed by atoms with van der Waals surface area (Å²) in [5.41, 5.74) is 0.824. The van der Waals surface area contributed by atoms with Crippen LogP contribution in [0.25, 0.3) is 0 Å². The molecule has 2 aliphatic heterocycles. The standard InChI is InChI=1S/C16H15NO6S2/c1-2-24-16(9-17-12(18)11(14(19)20)13(17)25-16)23-15(21)22-8-10-6-4-3-5-7-10/h3-7,9,11,13H,2,8H2,1H3/p+1/t11?,13-,16?/m0/s1. The first-order chi connectivity index (χ1) is 12.0. The molecule has 0 aromatic heterocycles. The molecule has 2 unspecified atom stereocenters. The summed E-state index contributed by atoms with van der Waals surface area (Å²) in [4.78, 5) is 35.1. The molecule has 9 heteroatoms. The maximum absolute atomic E-state index is 12.1. The van der Waals surface area contributed by atoms with E-state index in [-0.39, 0.29) is 6.61 Å². The lowest BCUT2D eigenvalue weighted by molar-refractivity contribution is -0.510. The predicted octanol–water partition coefficient (Wildman–Crippen LogP) is 2.14. The van der Waals surface area contributed by atoms with Crippen molar-refractivity contribution >= 4 is 47.8 Å². The first-order valence-corrected chi connectivity index (χ1v) is 9.45. The van der Waals surface area contributed by atoms with Crippen LogP contribution in [0, 0.1) is 5.92 Å². The molecular weight excluding hydrogens is 366 g/mol. The summed E-state index contributed by atoms with van der Waals surface area (Å²) in [6.07, 6.45) is 0.609. The fraction of sp³-hybridized carbons (Fsp3) is 0.375. The van der Waals surface area contributed by atoms with E-state index in [2.05, 4.69) is 0 Å². The number of nitrogens with zero attached hydrogens (tertiary/aromatic N) is 1. The van der Waals surface area contributed by atoms with Crippen LogP contribution in [-0.2, 0) is 25.7 Å². The summed E-state index contributed by atoms with van der Waals surface area (Å²) in [7, 11) is 0. The molecule has 1 fully saturated rings. The maximum atomic E-state index is 12.1. The Balaban J connectivity index is 1.66. The Kier molecular flexibility index (Phi) is 5.05. The van der Waals surface area contributed by atoms with Crippen molar-refractivity contribution in [2.75, 3.05) is 5.75 Å². The molecule has 3 atom stereocenters. The van der Waals surface area contributed by atoms with Crippen molar-refractivity contribution in [1.82, 2.24) is 0 Å². The lowest BCUT2D eigenvalue weighted by Crippen LogP contribution is -2.55. The van der Waals surface area contributed by atoms with E-state index in [0.717, 1.165) is 17.3 Å². The van der Waals surface area contributed by atoms with Crippen molar-refractivity contribution in [3.63, 3.8) is 0 Å². The smallest absolute Gasteiger partial charge is 0.480 e. The van der Waals surface area contributed by atoms with Crippen LogP contribution in [0.2, 0.25) is 0 Å². The number of ether oxygens (including phenoxy) is 2. The lowest BCUT2D eigenvalue weighted by Gasteiger charge is -2.24. The van der Waals surface area contributed by atoms with E-state index in [1.165, 1.54) is 22.6 Å². The van der Waals surface area contributed by atoms with Gasteiger partial charge in [-0.25, -0.2) is 9.59 Å². The topological polar surface area (TPSA) is 92.9 Å². The average molecular weight is 382 g/mol. The third-order valence-corrected chi connectivity index (χ3v) is 6.48. The molecule has 3 rings (SSSR count). The fourth-order valence-corrected chi connectivity index (χ4v) is 5.47. The van der Waals surface area contributed by atoms with Crippen molar-refractivity contribution in [3.8, 4) is 0 Å². The molecule has 2 aliphatic rings. The largest absolute Gasteiger partial charge is 0.511 e. The molecular formula is C16H16NO6S2+. The van der Waals surface area contributed by atoms with Gasteiger partial charge in [0.25, 0.3) is 10.2 Å². The number of aliphatic carboxylic acids is 1. The van der Waals surface area contributed by atoms with Crippen LogP contribution < -0.4 is 0 Å². The molecule has 132 valence electrons. The Morgan fingerprint density at radius 2 is 2.08 bits per heavy atom. The van der Waals surface area contributed by atoms with E-state index in [1.807, 2.05) is 37.3 Å². The van der Waals surface area contributed by atoms with Gasteiger partial charge in [-0.15, -0.1) is 0 Å². The van der Waals surface area contributed by atoms with E-state index in [9.17, 15) is 14.4 Å². The van der Waals surface area contributed by atoms with Crippen LogP contribution in [0.1, 0.15) is 12.5 Å². The summed E-state index contributed by atoms with van der Waals surface area (Å²) in [6.45, 7) is 1.95. The van der Waals surface area contributed by atoms with Gasteiger partial charge < -0.3 is 14.6 Å². The van der Waals surface area contributed by atoms with Crippen LogP contribution >= 0.6 is 23.5 Å². The molecule has 1 aromatic rings. The van der Waals surface area contributed by atoms with Crippen LogP contribution in [0.15, 0.2) is 30.3 Å². The Hall–Kier alpha value is -2.00. The zero-order chi connectivity index (χ0) is 18.0. The second-order valence-electron chi connectivity index (χ2n) is 5.36. The van der Waals surface area contributed by atoms with Gasteiger partial charge in [-0.05, 0) is 23.1 Å². The highest BCUT2D eigenvalue weighted by molar-refractivity contribution is 8.19. The van der Waals surface area contributed by atoms with Gasteiger partial charge in [0.1, 0.15) is 6.61 Å². The number of amides is 1. The van der Waals surface area contributed by atoms with Gasteiger partial charge in [0.05, 0.1) is 0 Å². The van der Waals surface area contributed by atoms with E-state index in [0.29, 0.717) is 5.75 Å². The fourth-order valence-electron chi connectivity index (χ4n) is 2.56. The molecule has 2 heterocycles. The van der Waals surface area contributed by atoms with E-state index in [4.69, 9.17) is 14.6 Å². The van der Waals surface area contributed by atoms with Gasteiger partial charge in [-0.1, -0.05) is 49.0 Å². The summed E-state index contributed by atoms with van der Waals surface area (Å²) >= 11 is 2.43. The van der Waals surface area contributed by atoms with Crippen molar-refractivity contribution in [3.05, 3.63) is 35.9 Å². The highest BCUT2D eigenvalue weighted by atomic mass is 32.2. The van der Waals surface area contributed by atoms with Gasteiger partial charge in [-0.3, -0.25) is 4.79 Å². The average Bonchev–Trinajstić information content (AvgIpc) is 2.88. The molecule has 1 N–H and O–H groups in total. The molecule has 0 bridgehead atoms. The van der Waals surface area contributed by atoms with Crippen LogP contribution in [0.5, 0.6) is 0 Å². The summed E-state index contributed by atoms with van der Waals surface area (Å²) in [6, 6.07) is 9.17. The first-order valence-electron chi connectivity index (χ1n) is 7.58. The van der Waals surface area contributed by atoms with E-state index < -0.39 is 33.6 Å². The van der Waals surface area contributed by atoms with Gasteiger partial charge in [0, 0.05) is 0 Å². The molecule has 1 saturated heterocycles. The maximum Gasteiger partial charge on any atom is 0.511 e. The summed E-state index contributed by atoms with van der Waals surface area (Å²) < 4.78 is 10.7. The number of thioether (sulfide) groups is 2. The minimum atomic E-state index is -1.17. The SMILES string of the molecule is CCSC1(OC(=O)OCc2ccccc2)C=[N+]2C(=O)C(C(=O)O)[C@@H]2S1. The lowest BCUT2D eigenvalue weighted by atomic mass is 10.0. The molecule has 1 aromatic carbocycles. The van der Waals surface area contributed by atoms with Gasteiger partial charge in [0.15, 0.2) is 0 Å². The molecule has 1 amide bonds. The molecule has 7 nitrogen and oxygen atoms in total. The number of rotatable bonds is 6. The van der Waals surface area contributed by atoms with Crippen LogP contribution in [0.4, 0.5) is 4.79 Å².